The van der Waals surface area contributed by atoms with Gasteiger partial charge in [-0.1, -0.05) is 6.92 Å². The predicted molar refractivity (Wildman–Crippen MR) is 65.0 cm³/mol. The second-order valence-electron chi connectivity index (χ2n) is 4.21. The largest absolute Gasteiger partial charge is 0.474 e. The van der Waals surface area contributed by atoms with Gasteiger partial charge in [-0.15, -0.1) is 0 Å². The van der Waals surface area contributed by atoms with Crippen molar-refractivity contribution in [3.05, 3.63) is 0 Å². The van der Waals surface area contributed by atoms with Crippen molar-refractivity contribution in [2.75, 3.05) is 33.0 Å². The van der Waals surface area contributed by atoms with E-state index in [9.17, 15) is 4.57 Å². The fourth-order valence-corrected chi connectivity index (χ4v) is 2.89. The van der Waals surface area contributed by atoms with Crippen molar-refractivity contribution in [2.24, 2.45) is 5.41 Å². The summed E-state index contributed by atoms with van der Waals surface area (Å²) < 4.78 is 32.6. The molecule has 102 valence electrons. The summed E-state index contributed by atoms with van der Waals surface area (Å²) >= 11 is 0. The van der Waals surface area contributed by atoms with Gasteiger partial charge in [-0.25, -0.2) is 4.57 Å². The van der Waals surface area contributed by atoms with E-state index in [2.05, 4.69) is 6.92 Å². The Hall–Kier alpha value is 0.0700. The van der Waals surface area contributed by atoms with E-state index in [1.54, 1.807) is 13.8 Å². The Morgan fingerprint density at radius 1 is 1.12 bits per heavy atom. The molecule has 0 aromatic heterocycles. The van der Waals surface area contributed by atoms with Gasteiger partial charge in [0, 0.05) is 5.41 Å². The third-order valence-corrected chi connectivity index (χ3v) is 4.67. The summed E-state index contributed by atoms with van der Waals surface area (Å²) in [6.45, 7) is 8.21. The van der Waals surface area contributed by atoms with Crippen molar-refractivity contribution in [3.8, 4) is 0 Å². The highest BCUT2D eigenvalue weighted by atomic mass is 31.2. The number of ether oxygens (including phenoxy) is 1. The third-order valence-electron chi connectivity index (χ3n) is 3.02. The molecule has 1 saturated heterocycles. The lowest BCUT2D eigenvalue weighted by molar-refractivity contribution is -0.124. The Kier molecular flexibility index (Phi) is 6.10. The zero-order valence-corrected chi connectivity index (χ0v) is 11.8. The number of phosphoric ester groups is 1. The summed E-state index contributed by atoms with van der Waals surface area (Å²) in [5.41, 5.74) is 0.198. The van der Waals surface area contributed by atoms with E-state index in [1.165, 1.54) is 0 Å². The van der Waals surface area contributed by atoms with Gasteiger partial charge in [-0.3, -0.25) is 13.6 Å². The second kappa shape index (κ2) is 6.86. The Bertz CT molecular complexity index is 249. The van der Waals surface area contributed by atoms with Crippen LogP contribution in [0.15, 0.2) is 0 Å². The van der Waals surface area contributed by atoms with E-state index in [0.29, 0.717) is 19.8 Å². The van der Waals surface area contributed by atoms with Crippen LogP contribution in [-0.2, 0) is 22.9 Å². The van der Waals surface area contributed by atoms with Gasteiger partial charge in [-0.05, 0) is 26.7 Å². The maximum atomic E-state index is 12.0. The monoisotopic (exact) mass is 266 g/mol. The molecule has 0 amide bonds. The van der Waals surface area contributed by atoms with E-state index in [4.69, 9.17) is 18.3 Å². The maximum Gasteiger partial charge on any atom is 0.474 e. The molecule has 1 heterocycles. The average Bonchev–Trinajstić information content (AvgIpc) is 2.23. The highest BCUT2D eigenvalue weighted by Crippen LogP contribution is 2.50. The zero-order valence-electron chi connectivity index (χ0n) is 10.9. The first-order chi connectivity index (χ1) is 8.10. The van der Waals surface area contributed by atoms with E-state index >= 15 is 0 Å². The molecule has 0 N–H and O–H groups in total. The van der Waals surface area contributed by atoms with Crippen LogP contribution in [0.5, 0.6) is 0 Å². The summed E-state index contributed by atoms with van der Waals surface area (Å²) in [7, 11) is -3.34. The van der Waals surface area contributed by atoms with Crippen LogP contribution in [0.4, 0.5) is 0 Å². The zero-order chi connectivity index (χ0) is 12.8. The molecule has 0 radical (unpaired) electrons. The maximum absolute atomic E-state index is 12.0. The highest BCUT2D eigenvalue weighted by molar-refractivity contribution is 7.48. The number of rotatable bonds is 9. The predicted octanol–water partition coefficient (Wildman–Crippen LogP) is 3.00. The van der Waals surface area contributed by atoms with Crippen LogP contribution in [0.25, 0.3) is 0 Å². The fourth-order valence-electron chi connectivity index (χ4n) is 1.72. The summed E-state index contributed by atoms with van der Waals surface area (Å²) in [6.07, 6.45) is 1.87. The van der Waals surface area contributed by atoms with Crippen LogP contribution >= 0.6 is 7.82 Å². The summed E-state index contributed by atoms with van der Waals surface area (Å²) in [5, 5.41) is 0. The van der Waals surface area contributed by atoms with E-state index in [0.717, 1.165) is 26.1 Å². The van der Waals surface area contributed by atoms with Crippen molar-refractivity contribution in [2.45, 2.75) is 33.6 Å². The molecule has 17 heavy (non-hydrogen) atoms. The van der Waals surface area contributed by atoms with Crippen molar-refractivity contribution in [1.82, 2.24) is 0 Å². The van der Waals surface area contributed by atoms with E-state index in [1.807, 2.05) is 0 Å². The SMILES string of the molecule is CCOP(=O)(OCC)OCCC1(CC)COC1. The molecule has 1 aliphatic heterocycles. The van der Waals surface area contributed by atoms with Crippen LogP contribution < -0.4 is 0 Å². The molecule has 0 aliphatic carbocycles. The Morgan fingerprint density at radius 3 is 2.06 bits per heavy atom. The van der Waals surface area contributed by atoms with Crippen molar-refractivity contribution < 1.29 is 22.9 Å². The molecule has 0 atom stereocenters. The molecular formula is C11H23O5P. The van der Waals surface area contributed by atoms with E-state index < -0.39 is 7.82 Å². The number of phosphoric acid groups is 1. The Balaban J connectivity index is 2.34. The molecule has 0 unspecified atom stereocenters. The molecule has 0 aromatic carbocycles. The summed E-state index contributed by atoms with van der Waals surface area (Å²) in [6, 6.07) is 0. The van der Waals surface area contributed by atoms with Gasteiger partial charge in [-0.2, -0.15) is 0 Å². The molecule has 0 aromatic rings. The average molecular weight is 266 g/mol. The molecule has 0 spiro atoms. The standard InChI is InChI=1S/C11H23O5P/c1-4-11(9-13-10-11)7-8-16-17(12,14-5-2)15-6-3/h4-10H2,1-3H3. The first-order valence-corrected chi connectivity index (χ1v) is 7.67. The molecule has 1 aliphatic rings. The molecule has 0 saturated carbocycles. The first kappa shape index (κ1) is 15.1. The molecular weight excluding hydrogens is 243 g/mol. The quantitative estimate of drug-likeness (QED) is 0.600. The minimum absolute atomic E-state index is 0.198. The van der Waals surface area contributed by atoms with Gasteiger partial charge in [0.2, 0.25) is 0 Å². The van der Waals surface area contributed by atoms with Gasteiger partial charge >= 0.3 is 7.82 Å². The van der Waals surface area contributed by atoms with Gasteiger partial charge in [0.15, 0.2) is 0 Å². The van der Waals surface area contributed by atoms with E-state index in [-0.39, 0.29) is 5.41 Å². The van der Waals surface area contributed by atoms with Crippen molar-refractivity contribution >= 4 is 7.82 Å². The van der Waals surface area contributed by atoms with Crippen molar-refractivity contribution in [1.29, 1.82) is 0 Å². The lowest BCUT2D eigenvalue weighted by atomic mass is 9.80. The minimum Gasteiger partial charge on any atom is -0.380 e. The molecule has 0 bridgehead atoms. The number of hydrogen-bond donors (Lipinski definition) is 0. The first-order valence-electron chi connectivity index (χ1n) is 6.21. The highest BCUT2D eigenvalue weighted by Gasteiger charge is 2.37. The molecule has 6 heteroatoms. The molecule has 1 rings (SSSR count). The smallest absolute Gasteiger partial charge is 0.380 e. The molecule has 1 fully saturated rings. The normalized spacial score (nSPS) is 19.0. The van der Waals surface area contributed by atoms with Gasteiger partial charge in [0.25, 0.3) is 0 Å². The summed E-state index contributed by atoms with van der Waals surface area (Å²) in [4.78, 5) is 0. The minimum atomic E-state index is -3.34. The molecule has 5 nitrogen and oxygen atoms in total. The Morgan fingerprint density at radius 2 is 1.71 bits per heavy atom. The number of hydrogen-bond acceptors (Lipinski definition) is 5. The second-order valence-corrected chi connectivity index (χ2v) is 5.88. The van der Waals surface area contributed by atoms with Crippen LogP contribution in [0.1, 0.15) is 33.6 Å². The van der Waals surface area contributed by atoms with Crippen LogP contribution in [0, 0.1) is 5.41 Å². The van der Waals surface area contributed by atoms with Crippen molar-refractivity contribution in [3.63, 3.8) is 0 Å². The third kappa shape index (κ3) is 4.34. The topological polar surface area (TPSA) is 54.0 Å². The lowest BCUT2D eigenvalue weighted by Crippen LogP contribution is -2.42. The Labute approximate surface area is 103 Å². The van der Waals surface area contributed by atoms with Gasteiger partial charge in [0.1, 0.15) is 0 Å². The van der Waals surface area contributed by atoms with Crippen LogP contribution in [-0.4, -0.2) is 33.0 Å². The van der Waals surface area contributed by atoms with Gasteiger partial charge < -0.3 is 4.74 Å². The summed E-state index contributed by atoms with van der Waals surface area (Å²) in [5.74, 6) is 0. The van der Waals surface area contributed by atoms with Crippen LogP contribution in [0.3, 0.4) is 0 Å². The van der Waals surface area contributed by atoms with Gasteiger partial charge in [0.05, 0.1) is 33.0 Å². The lowest BCUT2D eigenvalue weighted by Gasteiger charge is -2.40. The fraction of sp³-hybridized carbons (Fsp3) is 1.00. The van der Waals surface area contributed by atoms with Crippen LogP contribution in [0.2, 0.25) is 0 Å².